The third kappa shape index (κ3) is 15.4. The van der Waals surface area contributed by atoms with Gasteiger partial charge in [0.25, 0.3) is 0 Å². The van der Waals surface area contributed by atoms with E-state index in [0.717, 1.165) is 33.4 Å². The van der Waals surface area contributed by atoms with E-state index in [0.29, 0.717) is 97.5 Å². The molecule has 19 heteroatoms. The summed E-state index contributed by atoms with van der Waals surface area (Å²) < 4.78 is 104. The first kappa shape index (κ1) is 51.1. The number of aromatic nitrogens is 1. The molecule has 1 fully saturated rings. The smallest absolute Gasteiger partial charge is 0.491 e. The van der Waals surface area contributed by atoms with E-state index in [2.05, 4.69) is 5.32 Å². The average Bonchev–Trinajstić information content (AvgIpc) is 3.31. The number of aliphatic hydroxyl groups excluding tert-OH is 1. The van der Waals surface area contributed by atoms with E-state index in [1.165, 1.54) is 0 Å². The van der Waals surface area contributed by atoms with Gasteiger partial charge in [-0.1, -0.05) is 65.7 Å². The molecule has 1 aliphatic heterocycles. The molecular weight excluding hydrogens is 926 g/mol. The standard InChI is InChI=1S/C47H54Cl2F3N3O10S/c48-38-8-3-35(4-9-38)46(36-5-10-39(49)11-6-36)37-7-14-43-42(31-37)44(53-40-15-17-55(18-16-40)66(57,58)47(50,51)52)32-45(54-43)65-30-28-63-26-24-61-22-20-59-19-21-60-23-25-62-27-29-64-41-12-1-34(33-56)2-13-41/h1-14,31-32,40,46,56H,15-30,33H2,(H,53,54). The molecule has 1 aromatic heterocycles. The van der Waals surface area contributed by atoms with E-state index >= 15 is 0 Å². The second kappa shape index (κ2) is 25.7. The number of ether oxygens (including phenoxy) is 7. The number of hydrogen-bond acceptors (Lipinski definition) is 12. The van der Waals surface area contributed by atoms with Crippen molar-refractivity contribution in [2.45, 2.75) is 36.9 Å². The number of halogens is 5. The summed E-state index contributed by atoms with van der Waals surface area (Å²) in [7, 11) is -5.43. The zero-order valence-electron chi connectivity index (χ0n) is 36.2. The van der Waals surface area contributed by atoms with Gasteiger partial charge in [0.05, 0.1) is 78.2 Å². The summed E-state index contributed by atoms with van der Waals surface area (Å²) in [6.07, 6.45) is 0.310. The number of pyridine rings is 1. The van der Waals surface area contributed by atoms with Gasteiger partial charge in [0.15, 0.2) is 0 Å². The van der Waals surface area contributed by atoms with Gasteiger partial charge in [-0.2, -0.15) is 17.5 Å². The maximum Gasteiger partial charge on any atom is 0.511 e. The maximum absolute atomic E-state index is 13.3. The van der Waals surface area contributed by atoms with Crippen LogP contribution in [-0.4, -0.2) is 127 Å². The van der Waals surface area contributed by atoms with Gasteiger partial charge in [-0.3, -0.25) is 0 Å². The Labute approximate surface area is 393 Å². The fraction of sp³-hybridized carbons (Fsp3) is 0.426. The topological polar surface area (TPSA) is 147 Å². The minimum Gasteiger partial charge on any atom is -0.491 e. The van der Waals surface area contributed by atoms with Crippen molar-refractivity contribution in [3.8, 4) is 11.6 Å². The summed E-state index contributed by atoms with van der Waals surface area (Å²) in [4.78, 5) is 4.77. The Bertz CT molecular complexity index is 2300. The Hall–Kier alpha value is -4.27. The van der Waals surface area contributed by atoms with Gasteiger partial charge in [-0.05, 0) is 83.6 Å². The summed E-state index contributed by atoms with van der Waals surface area (Å²) in [5.74, 6) is 0.814. The van der Waals surface area contributed by atoms with Crippen molar-refractivity contribution in [1.29, 1.82) is 0 Å². The first-order chi connectivity index (χ1) is 31.9. The van der Waals surface area contributed by atoms with Gasteiger partial charge in [0.2, 0.25) is 5.88 Å². The average molecular weight is 981 g/mol. The van der Waals surface area contributed by atoms with Crippen LogP contribution in [0.15, 0.2) is 97.1 Å². The molecule has 0 bridgehead atoms. The molecule has 0 atom stereocenters. The molecular formula is C47H54Cl2F3N3O10S. The number of nitrogens with one attached hydrogen (secondary N) is 1. The Kier molecular flexibility index (Phi) is 19.9. The molecule has 1 aliphatic rings. The number of anilines is 1. The summed E-state index contributed by atoms with van der Waals surface area (Å²) in [5.41, 5.74) is -0.375. The number of fused-ring (bicyclic) bond motifs is 1. The molecule has 2 heterocycles. The highest BCUT2D eigenvalue weighted by molar-refractivity contribution is 7.90. The van der Waals surface area contributed by atoms with Crippen molar-refractivity contribution in [2.24, 2.45) is 0 Å². The molecule has 1 saturated heterocycles. The van der Waals surface area contributed by atoms with Crippen LogP contribution in [0.3, 0.4) is 0 Å². The second-order valence-corrected chi connectivity index (χ2v) is 18.0. The van der Waals surface area contributed by atoms with Crippen LogP contribution < -0.4 is 14.8 Å². The van der Waals surface area contributed by atoms with Crippen LogP contribution in [0.4, 0.5) is 18.9 Å². The molecule has 13 nitrogen and oxygen atoms in total. The zero-order valence-corrected chi connectivity index (χ0v) is 38.6. The van der Waals surface area contributed by atoms with Crippen molar-refractivity contribution >= 4 is 49.8 Å². The van der Waals surface area contributed by atoms with Crippen LogP contribution in [0.1, 0.15) is 41.0 Å². The highest BCUT2D eigenvalue weighted by Gasteiger charge is 2.50. The van der Waals surface area contributed by atoms with E-state index in [-0.39, 0.29) is 57.7 Å². The molecule has 0 aliphatic carbocycles. The fourth-order valence-corrected chi connectivity index (χ4v) is 8.42. The van der Waals surface area contributed by atoms with Crippen LogP contribution in [0.25, 0.3) is 10.9 Å². The largest absolute Gasteiger partial charge is 0.511 e. The van der Waals surface area contributed by atoms with Crippen molar-refractivity contribution in [3.63, 3.8) is 0 Å². The van der Waals surface area contributed by atoms with Gasteiger partial charge >= 0.3 is 15.5 Å². The lowest BCUT2D eigenvalue weighted by atomic mass is 9.84. The summed E-state index contributed by atoms with van der Waals surface area (Å²) in [6.45, 7) is 3.92. The van der Waals surface area contributed by atoms with E-state index in [4.69, 9.17) is 66.5 Å². The lowest BCUT2D eigenvalue weighted by Crippen LogP contribution is -2.47. The first-order valence-electron chi connectivity index (χ1n) is 21.5. The van der Waals surface area contributed by atoms with Crippen molar-refractivity contribution in [3.05, 3.63) is 129 Å². The zero-order chi connectivity index (χ0) is 46.8. The van der Waals surface area contributed by atoms with E-state index < -0.39 is 15.5 Å². The monoisotopic (exact) mass is 979 g/mol. The molecule has 0 spiro atoms. The predicted octanol–water partition coefficient (Wildman–Crippen LogP) is 8.48. The lowest BCUT2D eigenvalue weighted by molar-refractivity contribution is -0.0494. The predicted molar refractivity (Wildman–Crippen MR) is 246 cm³/mol. The maximum atomic E-state index is 13.3. The number of aliphatic hydroxyl groups is 1. The Morgan fingerprint density at radius 1 is 0.652 bits per heavy atom. The first-order valence-corrected chi connectivity index (χ1v) is 23.7. The number of nitrogens with zero attached hydrogens (tertiary/aromatic N) is 2. The normalized spacial score (nSPS) is 14.0. The lowest BCUT2D eigenvalue weighted by Gasteiger charge is -2.32. The number of benzene rings is 4. The van der Waals surface area contributed by atoms with E-state index in [1.807, 2.05) is 78.9 Å². The minimum absolute atomic E-state index is 0.00432. The minimum atomic E-state index is -5.43. The Morgan fingerprint density at radius 2 is 1.12 bits per heavy atom. The number of hydrogen-bond donors (Lipinski definition) is 2. The third-order valence-corrected chi connectivity index (χ3v) is 12.7. The van der Waals surface area contributed by atoms with Crippen LogP contribution in [0, 0.1) is 0 Å². The number of sulfonamides is 1. The molecule has 0 unspecified atom stereocenters. The number of alkyl halides is 3. The molecule has 5 aromatic rings. The highest BCUT2D eigenvalue weighted by Crippen LogP contribution is 2.38. The molecule has 66 heavy (non-hydrogen) atoms. The molecule has 6 rings (SSSR count). The fourth-order valence-electron chi connectivity index (χ4n) is 7.18. The van der Waals surface area contributed by atoms with Gasteiger partial charge in [-0.25, -0.2) is 13.4 Å². The van der Waals surface area contributed by atoms with E-state index in [1.54, 1.807) is 18.2 Å². The van der Waals surface area contributed by atoms with E-state index in [9.17, 15) is 21.6 Å². The van der Waals surface area contributed by atoms with Crippen LogP contribution in [-0.2, 0) is 40.3 Å². The molecule has 0 radical (unpaired) electrons. The van der Waals surface area contributed by atoms with Gasteiger partial charge < -0.3 is 43.6 Å². The van der Waals surface area contributed by atoms with Crippen LogP contribution in [0.2, 0.25) is 10.0 Å². The van der Waals surface area contributed by atoms with Crippen LogP contribution in [0.5, 0.6) is 11.6 Å². The molecule has 2 N–H and O–H groups in total. The van der Waals surface area contributed by atoms with Crippen molar-refractivity contribution < 1.29 is 59.9 Å². The summed E-state index contributed by atoms with van der Waals surface area (Å²) >= 11 is 12.5. The van der Waals surface area contributed by atoms with Crippen molar-refractivity contribution in [1.82, 2.24) is 9.29 Å². The Morgan fingerprint density at radius 3 is 1.61 bits per heavy atom. The SMILES string of the molecule is O=S(=O)(N1CCC(Nc2cc(OCCOCCOCCOCCOCCOCCOc3ccc(CO)cc3)nc3ccc(C(c4ccc(Cl)cc4)c4ccc(Cl)cc4)cc23)CC1)C(F)(F)F. The van der Waals surface area contributed by atoms with Gasteiger partial charge in [-0.15, -0.1) is 0 Å². The van der Waals surface area contributed by atoms with Gasteiger partial charge in [0, 0.05) is 52.2 Å². The van der Waals surface area contributed by atoms with Crippen LogP contribution >= 0.6 is 23.2 Å². The molecule has 358 valence electrons. The number of rotatable bonds is 27. The Balaban J connectivity index is 0.948. The molecule has 0 saturated carbocycles. The second-order valence-electron chi connectivity index (χ2n) is 15.2. The molecule has 4 aromatic carbocycles. The molecule has 0 amide bonds. The summed E-state index contributed by atoms with van der Waals surface area (Å²) in [6, 6.07) is 29.7. The summed E-state index contributed by atoms with van der Waals surface area (Å²) in [5, 5.41) is 14.5. The highest BCUT2D eigenvalue weighted by atomic mass is 35.5. The van der Waals surface area contributed by atoms with Gasteiger partial charge in [0.1, 0.15) is 19.0 Å². The third-order valence-electron chi connectivity index (χ3n) is 10.6. The number of piperidine rings is 1. The van der Waals surface area contributed by atoms with Crippen molar-refractivity contribution in [2.75, 3.05) is 97.7 Å². The quantitative estimate of drug-likeness (QED) is 0.0384.